The van der Waals surface area contributed by atoms with Crippen molar-refractivity contribution in [3.8, 4) is 0 Å². The lowest BCUT2D eigenvalue weighted by atomic mass is 10.1. The highest BCUT2D eigenvalue weighted by Crippen LogP contribution is 2.15. The van der Waals surface area contributed by atoms with Crippen molar-refractivity contribution in [1.29, 1.82) is 0 Å². The molecule has 0 saturated carbocycles. The van der Waals surface area contributed by atoms with Crippen LogP contribution in [0.3, 0.4) is 0 Å². The summed E-state index contributed by atoms with van der Waals surface area (Å²) >= 11 is 1.49. The molecule has 0 saturated heterocycles. The Bertz CT molecular complexity index is 644. The van der Waals surface area contributed by atoms with E-state index in [4.69, 9.17) is 5.11 Å². The monoisotopic (exact) mass is 295 g/mol. The molecule has 0 unspecified atom stereocenters. The first-order valence-corrected chi connectivity index (χ1v) is 6.78. The number of carboxylic acid groups (broad SMARTS) is 1. The molecule has 1 atom stereocenters. The molecule has 1 amide bonds. The third-order valence-electron chi connectivity index (χ3n) is 2.74. The molecule has 2 aromatic rings. The molecule has 3 N–H and O–H groups in total. The van der Waals surface area contributed by atoms with Gasteiger partial charge in [-0.25, -0.2) is 4.79 Å². The van der Waals surface area contributed by atoms with Gasteiger partial charge in [-0.1, -0.05) is 0 Å². The Balaban J connectivity index is 2.20. The maximum Gasteiger partial charge on any atom is 0.326 e. The first-order valence-electron chi connectivity index (χ1n) is 5.84. The van der Waals surface area contributed by atoms with Gasteiger partial charge < -0.3 is 15.4 Å². The van der Waals surface area contributed by atoms with Crippen LogP contribution in [-0.4, -0.2) is 33.1 Å². The van der Waals surface area contributed by atoms with Gasteiger partial charge in [-0.15, -0.1) is 0 Å². The molecule has 2 rings (SSSR count). The van der Waals surface area contributed by atoms with E-state index < -0.39 is 30.2 Å². The molecule has 20 heavy (non-hydrogen) atoms. The number of aromatic amines is 1. The molecule has 8 heteroatoms. The highest BCUT2D eigenvalue weighted by Gasteiger charge is 2.22. The number of hydrogen-bond acceptors (Lipinski definition) is 4. The van der Waals surface area contributed by atoms with E-state index in [0.29, 0.717) is 6.42 Å². The molecule has 0 aliphatic rings. The number of aliphatic carboxylic acids is 1. The Morgan fingerprint density at radius 2 is 2.30 bits per heavy atom. The van der Waals surface area contributed by atoms with Crippen LogP contribution in [0.4, 0.5) is 0 Å². The first-order chi connectivity index (χ1) is 9.58. The smallest absolute Gasteiger partial charge is 0.326 e. The predicted octanol–water partition coefficient (Wildman–Crippen LogP) is 0.222. The van der Waals surface area contributed by atoms with Gasteiger partial charge in [0.15, 0.2) is 0 Å². The van der Waals surface area contributed by atoms with Crippen LogP contribution in [0, 0.1) is 0 Å². The number of rotatable bonds is 6. The number of amides is 1. The summed E-state index contributed by atoms with van der Waals surface area (Å²) in [6, 6.07) is 1.09. The summed E-state index contributed by atoms with van der Waals surface area (Å²) in [5, 5.41) is 14.7. The molecule has 0 aliphatic carbocycles. The number of aromatic nitrogens is 2. The lowest BCUT2D eigenvalue weighted by molar-refractivity contribution is -0.138. The van der Waals surface area contributed by atoms with Crippen molar-refractivity contribution < 1.29 is 14.7 Å². The highest BCUT2D eigenvalue weighted by molar-refractivity contribution is 7.07. The van der Waals surface area contributed by atoms with Crippen molar-refractivity contribution in [1.82, 2.24) is 14.9 Å². The van der Waals surface area contributed by atoms with E-state index >= 15 is 0 Å². The number of H-pyrrole nitrogens is 1. The molecule has 7 nitrogen and oxygen atoms in total. The Labute approximate surface area is 117 Å². The SMILES string of the molecule is O=C(O)CNC(=O)[C@H](Cc1ccsc1)n1cc[nH]c1=O. The summed E-state index contributed by atoms with van der Waals surface area (Å²) in [5.41, 5.74) is 0.509. The molecule has 0 fully saturated rings. The Kier molecular flexibility index (Phi) is 4.36. The number of hydrogen-bond donors (Lipinski definition) is 3. The molecule has 0 aliphatic heterocycles. The lowest BCUT2D eigenvalue weighted by Crippen LogP contribution is -2.39. The first kappa shape index (κ1) is 14.1. The number of thiophene rings is 1. The van der Waals surface area contributed by atoms with E-state index in [1.165, 1.54) is 28.3 Å². The van der Waals surface area contributed by atoms with Crippen LogP contribution < -0.4 is 11.0 Å². The van der Waals surface area contributed by atoms with Crippen LogP contribution in [0.25, 0.3) is 0 Å². The molecule has 0 spiro atoms. The third kappa shape index (κ3) is 3.35. The van der Waals surface area contributed by atoms with Crippen LogP contribution in [0.5, 0.6) is 0 Å². The summed E-state index contributed by atoms with van der Waals surface area (Å²) in [6.45, 7) is -0.474. The number of carbonyl (C=O) groups is 2. The van der Waals surface area contributed by atoms with E-state index in [0.717, 1.165) is 5.56 Å². The minimum absolute atomic E-state index is 0.326. The van der Waals surface area contributed by atoms with Crippen LogP contribution >= 0.6 is 11.3 Å². The predicted molar refractivity (Wildman–Crippen MR) is 72.8 cm³/mol. The second kappa shape index (κ2) is 6.20. The fraction of sp³-hybridized carbons (Fsp3) is 0.250. The molecular formula is C12H13N3O4S. The average Bonchev–Trinajstić information content (AvgIpc) is 3.04. The summed E-state index contributed by atoms with van der Waals surface area (Å²) in [4.78, 5) is 36.7. The second-order valence-electron chi connectivity index (χ2n) is 4.14. The Hall–Kier alpha value is -2.35. The fourth-order valence-electron chi connectivity index (χ4n) is 1.81. The molecule has 0 aromatic carbocycles. The van der Waals surface area contributed by atoms with E-state index in [1.807, 2.05) is 16.8 Å². The zero-order valence-corrected chi connectivity index (χ0v) is 11.2. The number of nitrogens with one attached hydrogen (secondary N) is 2. The van der Waals surface area contributed by atoms with Gasteiger partial charge >= 0.3 is 11.7 Å². The average molecular weight is 295 g/mol. The summed E-state index contributed by atoms with van der Waals surface area (Å²) in [6.07, 6.45) is 3.24. The maximum absolute atomic E-state index is 12.1. The topological polar surface area (TPSA) is 104 Å². The summed E-state index contributed by atoms with van der Waals surface area (Å²) in [7, 11) is 0. The van der Waals surface area contributed by atoms with Gasteiger partial charge in [0.05, 0.1) is 0 Å². The third-order valence-corrected chi connectivity index (χ3v) is 3.47. The van der Waals surface area contributed by atoms with Crippen molar-refractivity contribution in [3.63, 3.8) is 0 Å². The zero-order valence-electron chi connectivity index (χ0n) is 10.4. The van der Waals surface area contributed by atoms with Crippen LogP contribution in [-0.2, 0) is 16.0 Å². The van der Waals surface area contributed by atoms with Gasteiger partial charge in [0.2, 0.25) is 5.91 Å². The van der Waals surface area contributed by atoms with Gasteiger partial charge in [-0.2, -0.15) is 11.3 Å². The minimum Gasteiger partial charge on any atom is -0.480 e. The molecule has 106 valence electrons. The van der Waals surface area contributed by atoms with E-state index in [9.17, 15) is 14.4 Å². The minimum atomic E-state index is -1.13. The van der Waals surface area contributed by atoms with E-state index in [1.54, 1.807) is 0 Å². The number of imidazole rings is 1. The fourth-order valence-corrected chi connectivity index (χ4v) is 2.49. The summed E-state index contributed by atoms with van der Waals surface area (Å²) in [5.74, 6) is -1.63. The second-order valence-corrected chi connectivity index (χ2v) is 4.92. The standard InChI is InChI=1S/C12H13N3O4S/c16-10(17)6-14-11(18)9(5-8-1-4-20-7-8)15-3-2-13-12(15)19/h1-4,7,9H,5-6H2,(H,13,19)(H,14,18)(H,16,17)/t9-/m0/s1. The van der Waals surface area contributed by atoms with Crippen molar-refractivity contribution in [3.05, 3.63) is 45.3 Å². The van der Waals surface area contributed by atoms with Gasteiger partial charge in [-0.3, -0.25) is 14.2 Å². The van der Waals surface area contributed by atoms with Crippen molar-refractivity contribution >= 4 is 23.2 Å². The summed E-state index contributed by atoms with van der Waals surface area (Å²) < 4.78 is 1.26. The molecule has 0 bridgehead atoms. The Morgan fingerprint density at radius 3 is 2.85 bits per heavy atom. The molecule has 0 radical (unpaired) electrons. The highest BCUT2D eigenvalue weighted by atomic mass is 32.1. The van der Waals surface area contributed by atoms with Gasteiger partial charge in [0, 0.05) is 18.8 Å². The lowest BCUT2D eigenvalue weighted by Gasteiger charge is -2.16. The number of nitrogens with zero attached hydrogens (tertiary/aromatic N) is 1. The normalized spacial score (nSPS) is 12.0. The number of carbonyl (C=O) groups excluding carboxylic acids is 1. The quantitative estimate of drug-likeness (QED) is 0.709. The Morgan fingerprint density at radius 1 is 1.50 bits per heavy atom. The zero-order chi connectivity index (χ0) is 14.5. The van der Waals surface area contributed by atoms with Crippen molar-refractivity contribution in [2.24, 2.45) is 0 Å². The number of carboxylic acids is 1. The maximum atomic E-state index is 12.1. The van der Waals surface area contributed by atoms with E-state index in [2.05, 4.69) is 10.3 Å². The molecule has 2 aromatic heterocycles. The van der Waals surface area contributed by atoms with Crippen molar-refractivity contribution in [2.75, 3.05) is 6.54 Å². The largest absolute Gasteiger partial charge is 0.480 e. The van der Waals surface area contributed by atoms with Gasteiger partial charge in [0.1, 0.15) is 12.6 Å². The van der Waals surface area contributed by atoms with Crippen LogP contribution in [0.2, 0.25) is 0 Å². The van der Waals surface area contributed by atoms with Crippen molar-refractivity contribution in [2.45, 2.75) is 12.5 Å². The van der Waals surface area contributed by atoms with E-state index in [-0.39, 0.29) is 0 Å². The molecule has 2 heterocycles. The van der Waals surface area contributed by atoms with Crippen LogP contribution in [0.1, 0.15) is 11.6 Å². The van der Waals surface area contributed by atoms with Crippen LogP contribution in [0.15, 0.2) is 34.0 Å². The van der Waals surface area contributed by atoms with Gasteiger partial charge in [0.25, 0.3) is 0 Å². The molecular weight excluding hydrogens is 282 g/mol. The van der Waals surface area contributed by atoms with Gasteiger partial charge in [-0.05, 0) is 22.4 Å².